The number of benzene rings is 2. The Morgan fingerprint density at radius 1 is 1.04 bits per heavy atom. The van der Waals surface area contributed by atoms with E-state index in [-0.39, 0.29) is 5.16 Å². The highest BCUT2D eigenvalue weighted by Gasteiger charge is 2.31. The minimum absolute atomic E-state index is 0.0867. The summed E-state index contributed by atoms with van der Waals surface area (Å²) in [5.74, 6) is 0.414. The molecule has 0 aliphatic carbocycles. The zero-order valence-corrected chi connectivity index (χ0v) is 19.2. The number of aryl methyl sites for hydroxylation is 2. The standard InChI is InChI=1S/C24H36NOP/c1-9-24(8,20-15-18(6)13-14-22(20)26)27-23-19(7)11-10-12-21(23)25(16(2)3)17(4)5/h10-17,26-27H,9H2,1-8H3. The summed E-state index contributed by atoms with van der Waals surface area (Å²) in [7, 11) is 0.593. The van der Waals surface area contributed by atoms with Crippen LogP contribution in [0.1, 0.15) is 64.7 Å². The third kappa shape index (κ3) is 4.66. The summed E-state index contributed by atoms with van der Waals surface area (Å²) >= 11 is 0. The van der Waals surface area contributed by atoms with Gasteiger partial charge in [-0.05, 0) is 71.0 Å². The van der Waals surface area contributed by atoms with Gasteiger partial charge in [-0.2, -0.15) is 0 Å². The first-order valence-corrected chi connectivity index (χ1v) is 11.1. The number of hydrogen-bond donors (Lipinski definition) is 1. The quantitative estimate of drug-likeness (QED) is 0.569. The summed E-state index contributed by atoms with van der Waals surface area (Å²) in [6, 6.07) is 13.5. The van der Waals surface area contributed by atoms with Crippen molar-refractivity contribution in [3.8, 4) is 5.75 Å². The molecular formula is C24H36NOP. The van der Waals surface area contributed by atoms with E-state index in [1.165, 1.54) is 22.1 Å². The normalized spacial score (nSPS) is 14.3. The van der Waals surface area contributed by atoms with Crippen LogP contribution in [0.5, 0.6) is 5.75 Å². The van der Waals surface area contributed by atoms with Gasteiger partial charge in [0.05, 0.1) is 0 Å². The Labute approximate surface area is 167 Å². The summed E-state index contributed by atoms with van der Waals surface area (Å²) in [4.78, 5) is 2.52. The second-order valence-corrected chi connectivity index (χ2v) is 10.2. The SMILES string of the molecule is CCC(C)(Pc1c(C)cccc1N(C(C)C)C(C)C)c1cc(C)ccc1O. The molecule has 2 atom stereocenters. The summed E-state index contributed by atoms with van der Waals surface area (Å²) in [5.41, 5.74) is 4.94. The molecule has 2 aromatic carbocycles. The lowest BCUT2D eigenvalue weighted by atomic mass is 9.95. The van der Waals surface area contributed by atoms with Crippen LogP contribution in [0.25, 0.3) is 0 Å². The maximum Gasteiger partial charge on any atom is 0.119 e. The van der Waals surface area contributed by atoms with E-state index in [1.807, 2.05) is 12.1 Å². The number of anilines is 1. The fraction of sp³-hybridized carbons (Fsp3) is 0.500. The fourth-order valence-corrected chi connectivity index (χ4v) is 5.58. The minimum atomic E-state index is -0.0867. The molecule has 0 saturated heterocycles. The molecule has 0 radical (unpaired) electrons. The number of phenols is 1. The fourth-order valence-electron chi connectivity index (χ4n) is 3.90. The summed E-state index contributed by atoms with van der Waals surface area (Å²) in [6.07, 6.45) is 0.986. The van der Waals surface area contributed by atoms with E-state index in [4.69, 9.17) is 0 Å². The number of nitrogens with zero attached hydrogens (tertiary/aromatic N) is 1. The van der Waals surface area contributed by atoms with E-state index in [0.29, 0.717) is 26.4 Å². The van der Waals surface area contributed by atoms with Crippen LogP contribution in [-0.2, 0) is 5.16 Å². The largest absolute Gasteiger partial charge is 0.508 e. The lowest BCUT2D eigenvalue weighted by Gasteiger charge is -2.38. The van der Waals surface area contributed by atoms with E-state index < -0.39 is 0 Å². The topological polar surface area (TPSA) is 23.5 Å². The molecule has 0 aromatic heterocycles. The first kappa shape index (κ1) is 21.8. The van der Waals surface area contributed by atoms with Crippen LogP contribution in [0.2, 0.25) is 0 Å². The molecule has 2 unspecified atom stereocenters. The monoisotopic (exact) mass is 385 g/mol. The molecule has 3 heteroatoms. The summed E-state index contributed by atoms with van der Waals surface area (Å²) < 4.78 is 0. The third-order valence-corrected chi connectivity index (χ3v) is 7.57. The predicted octanol–water partition coefficient (Wildman–Crippen LogP) is 6.26. The first-order chi connectivity index (χ1) is 12.6. The van der Waals surface area contributed by atoms with Gasteiger partial charge in [-0.3, -0.25) is 0 Å². The van der Waals surface area contributed by atoms with Crippen molar-refractivity contribution in [2.24, 2.45) is 0 Å². The van der Waals surface area contributed by atoms with Gasteiger partial charge in [0, 0.05) is 28.5 Å². The van der Waals surface area contributed by atoms with Gasteiger partial charge in [-0.25, -0.2) is 0 Å². The molecule has 0 heterocycles. The van der Waals surface area contributed by atoms with Crippen molar-refractivity contribution in [3.05, 3.63) is 53.1 Å². The summed E-state index contributed by atoms with van der Waals surface area (Å²) in [6.45, 7) is 17.9. The smallest absolute Gasteiger partial charge is 0.119 e. The van der Waals surface area contributed by atoms with Gasteiger partial charge in [-0.15, -0.1) is 0 Å². The molecule has 0 saturated carbocycles. The molecule has 0 aliphatic heterocycles. The second kappa shape index (κ2) is 8.65. The Kier molecular flexibility index (Phi) is 6.98. The Morgan fingerprint density at radius 3 is 2.22 bits per heavy atom. The molecule has 148 valence electrons. The lowest BCUT2D eigenvalue weighted by Crippen LogP contribution is -2.40. The van der Waals surface area contributed by atoms with E-state index >= 15 is 0 Å². The van der Waals surface area contributed by atoms with Crippen molar-refractivity contribution < 1.29 is 5.11 Å². The van der Waals surface area contributed by atoms with E-state index in [0.717, 1.165) is 12.0 Å². The molecule has 2 nitrogen and oxygen atoms in total. The van der Waals surface area contributed by atoms with Crippen molar-refractivity contribution >= 4 is 19.6 Å². The van der Waals surface area contributed by atoms with Crippen molar-refractivity contribution in [2.75, 3.05) is 4.90 Å². The molecule has 0 bridgehead atoms. The Morgan fingerprint density at radius 2 is 1.67 bits per heavy atom. The van der Waals surface area contributed by atoms with Gasteiger partial charge in [-0.1, -0.05) is 52.3 Å². The zero-order chi connectivity index (χ0) is 20.4. The highest BCUT2D eigenvalue weighted by atomic mass is 31.1. The Bertz CT molecular complexity index is 776. The molecule has 1 N–H and O–H groups in total. The molecule has 0 amide bonds. The van der Waals surface area contributed by atoms with E-state index in [9.17, 15) is 5.11 Å². The third-order valence-electron chi connectivity index (χ3n) is 5.50. The van der Waals surface area contributed by atoms with Crippen LogP contribution in [0.4, 0.5) is 5.69 Å². The Hall–Kier alpha value is -1.53. The maximum absolute atomic E-state index is 10.6. The van der Waals surface area contributed by atoms with Crippen molar-refractivity contribution in [2.45, 2.75) is 79.1 Å². The van der Waals surface area contributed by atoms with Gasteiger partial charge < -0.3 is 10.0 Å². The van der Waals surface area contributed by atoms with Crippen molar-refractivity contribution in [3.63, 3.8) is 0 Å². The second-order valence-electron chi connectivity index (χ2n) is 8.40. The number of hydrogen-bond acceptors (Lipinski definition) is 2. The number of phenolic OH excluding ortho intramolecular Hbond substituents is 1. The number of rotatable bonds is 7. The molecule has 0 aliphatic rings. The highest BCUT2D eigenvalue weighted by Crippen LogP contribution is 2.49. The molecule has 27 heavy (non-hydrogen) atoms. The number of aromatic hydroxyl groups is 1. The molecular weight excluding hydrogens is 349 g/mol. The van der Waals surface area contributed by atoms with E-state index in [2.05, 4.69) is 84.6 Å². The first-order valence-electron chi connectivity index (χ1n) is 10.1. The molecule has 2 rings (SSSR count). The maximum atomic E-state index is 10.6. The van der Waals surface area contributed by atoms with Crippen LogP contribution in [0.3, 0.4) is 0 Å². The van der Waals surface area contributed by atoms with Crippen LogP contribution >= 0.6 is 8.58 Å². The van der Waals surface area contributed by atoms with Gasteiger partial charge >= 0.3 is 0 Å². The average Bonchev–Trinajstić information content (AvgIpc) is 2.59. The van der Waals surface area contributed by atoms with Gasteiger partial charge in [0.2, 0.25) is 0 Å². The lowest BCUT2D eigenvalue weighted by molar-refractivity contribution is 0.456. The summed E-state index contributed by atoms with van der Waals surface area (Å²) in [5, 5.41) is 11.9. The zero-order valence-electron chi connectivity index (χ0n) is 18.2. The molecule has 0 spiro atoms. The minimum Gasteiger partial charge on any atom is -0.508 e. The highest BCUT2D eigenvalue weighted by molar-refractivity contribution is 7.49. The van der Waals surface area contributed by atoms with Crippen LogP contribution in [0, 0.1) is 13.8 Å². The van der Waals surface area contributed by atoms with E-state index in [1.54, 1.807) is 0 Å². The predicted molar refractivity (Wildman–Crippen MR) is 122 cm³/mol. The van der Waals surface area contributed by atoms with Gasteiger partial charge in [0.1, 0.15) is 5.75 Å². The van der Waals surface area contributed by atoms with Crippen molar-refractivity contribution in [1.82, 2.24) is 0 Å². The average molecular weight is 386 g/mol. The van der Waals surface area contributed by atoms with Crippen LogP contribution in [0.15, 0.2) is 36.4 Å². The van der Waals surface area contributed by atoms with Crippen LogP contribution < -0.4 is 10.2 Å². The molecule has 2 aromatic rings. The molecule has 0 fully saturated rings. The van der Waals surface area contributed by atoms with Crippen LogP contribution in [-0.4, -0.2) is 17.2 Å². The van der Waals surface area contributed by atoms with Gasteiger partial charge in [0.25, 0.3) is 0 Å². The Balaban J connectivity index is 2.59. The van der Waals surface area contributed by atoms with Gasteiger partial charge in [0.15, 0.2) is 0 Å². The van der Waals surface area contributed by atoms with Crippen molar-refractivity contribution in [1.29, 1.82) is 0 Å².